The van der Waals surface area contributed by atoms with Crippen molar-refractivity contribution in [3.05, 3.63) is 47.7 Å². The summed E-state index contributed by atoms with van der Waals surface area (Å²) in [5.74, 6) is -0.904. The van der Waals surface area contributed by atoms with Gasteiger partial charge in [0.25, 0.3) is 5.91 Å². The number of nitrogens with one attached hydrogen (secondary N) is 2. The van der Waals surface area contributed by atoms with Crippen molar-refractivity contribution in [1.29, 1.82) is 0 Å². The third-order valence-electron chi connectivity index (χ3n) is 4.90. The van der Waals surface area contributed by atoms with Crippen molar-refractivity contribution in [1.82, 2.24) is 0 Å². The molecular weight excluding hydrogens is 353 g/mol. The number of furan rings is 1. The highest BCUT2D eigenvalue weighted by molar-refractivity contribution is 6.05. The van der Waals surface area contributed by atoms with Gasteiger partial charge in [-0.25, -0.2) is 4.39 Å². The average molecular weight is 375 g/mol. The molecule has 2 heterocycles. The van der Waals surface area contributed by atoms with E-state index in [9.17, 15) is 14.0 Å². The fourth-order valence-corrected chi connectivity index (χ4v) is 3.06. The van der Waals surface area contributed by atoms with Crippen molar-refractivity contribution in [2.75, 3.05) is 30.4 Å². The van der Waals surface area contributed by atoms with Gasteiger partial charge in [0.05, 0.1) is 22.9 Å². The molecule has 1 aliphatic rings. The average Bonchev–Trinajstić information content (AvgIpc) is 3.11. The number of nitrogens with two attached hydrogens (primary N) is 1. The zero-order valence-corrected chi connectivity index (χ0v) is 15.0. The predicted molar refractivity (Wildman–Crippen MR) is 98.0 cm³/mol. The standard InChI is InChI=1S/C19H22FN3O4/c1-12-14(4-7-27-12)17(24)23-16-10-13(2-3-15(16)20)22-18(25)19(11-21)5-8-26-9-6-19/h2-4,7,10H,5-6,8-9,11,21H2,1H3,(H,22,25)(H,23,24). The van der Waals surface area contributed by atoms with Crippen LogP contribution in [-0.2, 0) is 9.53 Å². The normalized spacial score (nSPS) is 16.0. The molecule has 8 heteroatoms. The zero-order valence-electron chi connectivity index (χ0n) is 15.0. The van der Waals surface area contributed by atoms with E-state index in [1.165, 1.54) is 30.5 Å². The van der Waals surface area contributed by atoms with Crippen LogP contribution in [0, 0.1) is 18.2 Å². The number of aryl methyl sites for hydroxylation is 1. The van der Waals surface area contributed by atoms with Crippen LogP contribution in [0.4, 0.5) is 15.8 Å². The molecule has 1 aromatic heterocycles. The molecule has 1 saturated heterocycles. The molecule has 27 heavy (non-hydrogen) atoms. The fourth-order valence-electron chi connectivity index (χ4n) is 3.06. The second-order valence-electron chi connectivity index (χ2n) is 6.59. The summed E-state index contributed by atoms with van der Waals surface area (Å²) < 4.78 is 24.5. The number of ether oxygens (including phenoxy) is 1. The first-order chi connectivity index (χ1) is 12.9. The molecule has 7 nitrogen and oxygen atoms in total. The van der Waals surface area contributed by atoms with E-state index in [4.69, 9.17) is 14.9 Å². The summed E-state index contributed by atoms with van der Waals surface area (Å²) >= 11 is 0. The molecule has 144 valence electrons. The minimum atomic E-state index is -0.704. The van der Waals surface area contributed by atoms with Crippen LogP contribution in [0.5, 0.6) is 0 Å². The highest BCUT2D eigenvalue weighted by atomic mass is 19.1. The Morgan fingerprint density at radius 3 is 2.59 bits per heavy atom. The number of hydrogen-bond donors (Lipinski definition) is 3. The van der Waals surface area contributed by atoms with Crippen molar-refractivity contribution in [3.8, 4) is 0 Å². The number of carbonyl (C=O) groups is 2. The molecule has 1 aromatic carbocycles. The summed E-state index contributed by atoms with van der Waals surface area (Å²) in [4.78, 5) is 25.0. The van der Waals surface area contributed by atoms with E-state index in [0.29, 0.717) is 43.1 Å². The molecule has 0 spiro atoms. The Hall–Kier alpha value is -2.71. The van der Waals surface area contributed by atoms with Crippen LogP contribution in [0.2, 0.25) is 0 Å². The van der Waals surface area contributed by atoms with Gasteiger partial charge in [0, 0.05) is 25.4 Å². The zero-order chi connectivity index (χ0) is 19.4. The summed E-state index contributed by atoms with van der Waals surface area (Å²) in [6, 6.07) is 5.51. The maximum Gasteiger partial charge on any atom is 0.259 e. The van der Waals surface area contributed by atoms with Crippen LogP contribution in [0.3, 0.4) is 0 Å². The van der Waals surface area contributed by atoms with Crippen LogP contribution in [0.15, 0.2) is 34.9 Å². The van der Waals surface area contributed by atoms with E-state index in [2.05, 4.69) is 10.6 Å². The van der Waals surface area contributed by atoms with Gasteiger partial charge < -0.3 is 25.5 Å². The molecule has 3 rings (SSSR count). The minimum absolute atomic E-state index is 0.0350. The maximum atomic E-state index is 14.1. The molecule has 2 aromatic rings. The number of rotatable bonds is 5. The van der Waals surface area contributed by atoms with Crippen LogP contribution in [0.25, 0.3) is 0 Å². The number of benzene rings is 1. The first-order valence-corrected chi connectivity index (χ1v) is 8.69. The highest BCUT2D eigenvalue weighted by Gasteiger charge is 2.38. The molecule has 2 amide bonds. The van der Waals surface area contributed by atoms with Crippen molar-refractivity contribution in [2.45, 2.75) is 19.8 Å². The molecule has 0 unspecified atom stereocenters. The molecule has 0 radical (unpaired) electrons. The lowest BCUT2D eigenvalue weighted by Crippen LogP contribution is -2.46. The van der Waals surface area contributed by atoms with Gasteiger partial charge in [-0.05, 0) is 44.0 Å². The summed E-state index contributed by atoms with van der Waals surface area (Å²) in [7, 11) is 0. The van der Waals surface area contributed by atoms with Gasteiger partial charge in [0.1, 0.15) is 11.6 Å². The molecule has 1 aliphatic heterocycles. The van der Waals surface area contributed by atoms with Crippen molar-refractivity contribution < 1.29 is 23.1 Å². The lowest BCUT2D eigenvalue weighted by atomic mass is 9.79. The van der Waals surface area contributed by atoms with Gasteiger partial charge in [-0.2, -0.15) is 0 Å². The van der Waals surface area contributed by atoms with Gasteiger partial charge in [-0.3, -0.25) is 9.59 Å². The number of hydrogen-bond acceptors (Lipinski definition) is 5. The molecular formula is C19H22FN3O4. The third-order valence-corrected chi connectivity index (χ3v) is 4.90. The van der Waals surface area contributed by atoms with E-state index >= 15 is 0 Å². The Morgan fingerprint density at radius 2 is 1.96 bits per heavy atom. The predicted octanol–water partition coefficient (Wildman–Crippen LogP) is 2.67. The second kappa shape index (κ2) is 7.89. The summed E-state index contributed by atoms with van der Waals surface area (Å²) in [6.07, 6.45) is 2.44. The first-order valence-electron chi connectivity index (χ1n) is 8.69. The van der Waals surface area contributed by atoms with Crippen LogP contribution < -0.4 is 16.4 Å². The third kappa shape index (κ3) is 4.01. The lowest BCUT2D eigenvalue weighted by molar-refractivity contribution is -0.130. The smallest absolute Gasteiger partial charge is 0.259 e. The van der Waals surface area contributed by atoms with Crippen LogP contribution in [-0.4, -0.2) is 31.6 Å². The van der Waals surface area contributed by atoms with Crippen LogP contribution >= 0.6 is 0 Å². The Balaban J connectivity index is 1.76. The lowest BCUT2D eigenvalue weighted by Gasteiger charge is -2.34. The number of halogens is 1. The molecule has 0 atom stereocenters. The van der Waals surface area contributed by atoms with Crippen molar-refractivity contribution in [2.24, 2.45) is 11.1 Å². The van der Waals surface area contributed by atoms with Gasteiger partial charge in [-0.15, -0.1) is 0 Å². The number of carbonyl (C=O) groups excluding carboxylic acids is 2. The Bertz CT molecular complexity index is 843. The van der Waals surface area contributed by atoms with Gasteiger partial charge in [0.15, 0.2) is 0 Å². The SMILES string of the molecule is Cc1occc1C(=O)Nc1cc(NC(=O)C2(CN)CCOCC2)ccc1F. The van der Waals surface area contributed by atoms with E-state index < -0.39 is 17.1 Å². The first kappa shape index (κ1) is 19.1. The summed E-state index contributed by atoms with van der Waals surface area (Å²) in [6.45, 7) is 2.79. The Morgan fingerprint density at radius 1 is 1.22 bits per heavy atom. The van der Waals surface area contributed by atoms with Crippen LogP contribution in [0.1, 0.15) is 29.0 Å². The Kier molecular flexibility index (Phi) is 5.57. The topological polar surface area (TPSA) is 107 Å². The number of amides is 2. The van der Waals surface area contributed by atoms with Gasteiger partial charge >= 0.3 is 0 Å². The molecule has 0 bridgehead atoms. The van der Waals surface area contributed by atoms with E-state index in [1.807, 2.05) is 0 Å². The molecule has 1 fully saturated rings. The molecule has 0 aliphatic carbocycles. The second-order valence-corrected chi connectivity index (χ2v) is 6.59. The molecule has 0 saturated carbocycles. The molecule has 4 N–H and O–H groups in total. The van der Waals surface area contributed by atoms with E-state index in [0.717, 1.165) is 0 Å². The quantitative estimate of drug-likeness (QED) is 0.745. The van der Waals surface area contributed by atoms with Gasteiger partial charge in [-0.1, -0.05) is 0 Å². The maximum absolute atomic E-state index is 14.1. The largest absolute Gasteiger partial charge is 0.469 e. The fraction of sp³-hybridized carbons (Fsp3) is 0.368. The highest BCUT2D eigenvalue weighted by Crippen LogP contribution is 2.31. The van der Waals surface area contributed by atoms with Crippen molar-refractivity contribution in [3.63, 3.8) is 0 Å². The van der Waals surface area contributed by atoms with Gasteiger partial charge in [0.2, 0.25) is 5.91 Å². The van der Waals surface area contributed by atoms with Crippen molar-refractivity contribution >= 4 is 23.2 Å². The van der Waals surface area contributed by atoms with E-state index in [-0.39, 0.29) is 18.1 Å². The van der Waals surface area contributed by atoms with E-state index in [1.54, 1.807) is 6.92 Å². The monoisotopic (exact) mass is 375 g/mol. The minimum Gasteiger partial charge on any atom is -0.469 e. The summed E-state index contributed by atoms with van der Waals surface area (Å²) in [5, 5.41) is 5.28. The Labute approximate surface area is 156 Å². The number of anilines is 2. The summed E-state index contributed by atoms with van der Waals surface area (Å²) in [5.41, 5.74) is 5.79.